The van der Waals surface area contributed by atoms with Gasteiger partial charge in [-0.1, -0.05) is 19.9 Å². The van der Waals surface area contributed by atoms with Crippen molar-refractivity contribution in [2.45, 2.75) is 13.8 Å². The van der Waals surface area contributed by atoms with Crippen molar-refractivity contribution in [3.63, 3.8) is 0 Å². The van der Waals surface area contributed by atoms with Crippen molar-refractivity contribution in [1.29, 1.82) is 0 Å². The number of rotatable bonds is 1. The average Bonchev–Trinajstić information content (AvgIpc) is 1.35. The molecule has 0 heteroatoms. The average molecular weight is 82.1 g/mol. The fourth-order valence-corrected chi connectivity index (χ4v) is 0. The molecule has 0 saturated heterocycles. The fourth-order valence-electron chi connectivity index (χ4n) is 0. The minimum absolute atomic E-state index is 0.194. The van der Waals surface area contributed by atoms with Crippen LogP contribution in [0.1, 0.15) is 13.8 Å². The van der Waals surface area contributed by atoms with E-state index in [2.05, 4.69) is 6.58 Å². The zero-order valence-electron chi connectivity index (χ0n) is 4.36. The molecule has 0 aromatic heterocycles. The van der Waals surface area contributed by atoms with Crippen LogP contribution in [0.4, 0.5) is 0 Å². The van der Waals surface area contributed by atoms with E-state index >= 15 is 0 Å². The molecule has 0 fully saturated rings. The van der Waals surface area contributed by atoms with Gasteiger partial charge >= 0.3 is 0 Å². The Morgan fingerprint density at radius 1 is 1.67 bits per heavy atom. The summed E-state index contributed by atoms with van der Waals surface area (Å²) in [6.07, 6.45) is 1.72. The van der Waals surface area contributed by atoms with E-state index in [-0.39, 0.29) is 5.41 Å². The van der Waals surface area contributed by atoms with Crippen LogP contribution in [0, 0.1) is 12.3 Å². The van der Waals surface area contributed by atoms with E-state index in [1.165, 1.54) is 0 Å². The Balaban J connectivity index is 3.45. The van der Waals surface area contributed by atoms with Crippen molar-refractivity contribution in [3.05, 3.63) is 19.6 Å². The Labute approximate surface area is 39.9 Å². The first-order valence-electron chi connectivity index (χ1n) is 1.99. The van der Waals surface area contributed by atoms with E-state index in [9.17, 15) is 0 Å². The Hall–Kier alpha value is -0.260. The molecule has 2 radical (unpaired) electrons. The maximum absolute atomic E-state index is 5.42. The summed E-state index contributed by atoms with van der Waals surface area (Å²) in [6, 6.07) is 0. The molecule has 6 heavy (non-hydrogen) atoms. The lowest BCUT2D eigenvalue weighted by Crippen LogP contribution is -1.96. The van der Waals surface area contributed by atoms with Gasteiger partial charge in [-0.2, -0.15) is 0 Å². The van der Waals surface area contributed by atoms with E-state index in [1.54, 1.807) is 6.08 Å². The van der Waals surface area contributed by atoms with Gasteiger partial charge in [0, 0.05) is 0 Å². The number of hydrogen-bond donors (Lipinski definition) is 0. The minimum Gasteiger partial charge on any atom is -0.103 e. The molecule has 34 valence electrons. The van der Waals surface area contributed by atoms with Crippen LogP contribution in [0.5, 0.6) is 0 Å². The smallest absolute Gasteiger partial charge is 0.0143 e. The first-order valence-corrected chi connectivity index (χ1v) is 1.99. The lowest BCUT2D eigenvalue weighted by Gasteiger charge is -2.07. The van der Waals surface area contributed by atoms with Crippen molar-refractivity contribution in [2.75, 3.05) is 0 Å². The predicted octanol–water partition coefficient (Wildman–Crippen LogP) is 1.91. The molecule has 0 aliphatic rings. The van der Waals surface area contributed by atoms with Gasteiger partial charge in [0.25, 0.3) is 0 Å². The molecular formula is C6H10. The van der Waals surface area contributed by atoms with Gasteiger partial charge in [0.15, 0.2) is 0 Å². The van der Waals surface area contributed by atoms with Gasteiger partial charge in [-0.05, 0) is 12.3 Å². The Morgan fingerprint density at radius 2 is 1.83 bits per heavy atom. The van der Waals surface area contributed by atoms with Gasteiger partial charge < -0.3 is 0 Å². The van der Waals surface area contributed by atoms with Crippen LogP contribution in [-0.4, -0.2) is 0 Å². The SMILES string of the molecule is [CH]C(C)(C)C=C. The summed E-state index contributed by atoms with van der Waals surface area (Å²) in [5.41, 5.74) is -0.194. The van der Waals surface area contributed by atoms with Crippen LogP contribution in [-0.2, 0) is 0 Å². The molecule has 0 aromatic carbocycles. The van der Waals surface area contributed by atoms with Gasteiger partial charge in [0.2, 0.25) is 0 Å². The van der Waals surface area contributed by atoms with Crippen molar-refractivity contribution >= 4 is 0 Å². The van der Waals surface area contributed by atoms with Crippen LogP contribution in [0.15, 0.2) is 12.7 Å². The quantitative estimate of drug-likeness (QED) is 0.424. The van der Waals surface area contributed by atoms with Crippen molar-refractivity contribution in [3.8, 4) is 0 Å². The summed E-state index contributed by atoms with van der Waals surface area (Å²) < 4.78 is 0. The molecule has 0 nitrogen and oxygen atoms in total. The van der Waals surface area contributed by atoms with E-state index in [0.29, 0.717) is 0 Å². The summed E-state index contributed by atoms with van der Waals surface area (Å²) in [6.45, 7) is 12.7. The van der Waals surface area contributed by atoms with Crippen molar-refractivity contribution < 1.29 is 0 Å². The molecule has 0 unspecified atom stereocenters. The predicted molar refractivity (Wildman–Crippen MR) is 28.3 cm³/mol. The number of allylic oxidation sites excluding steroid dienone is 1. The van der Waals surface area contributed by atoms with E-state index < -0.39 is 0 Å². The van der Waals surface area contributed by atoms with E-state index in [1.807, 2.05) is 13.8 Å². The second kappa shape index (κ2) is 1.46. The van der Waals surface area contributed by atoms with Crippen LogP contribution >= 0.6 is 0 Å². The normalized spacial score (nSPS) is 11.2. The molecule has 0 spiro atoms. The molecule has 0 saturated carbocycles. The monoisotopic (exact) mass is 82.1 g/mol. The minimum atomic E-state index is -0.194. The lowest BCUT2D eigenvalue weighted by molar-refractivity contribution is 0.622. The zero-order valence-corrected chi connectivity index (χ0v) is 4.36. The largest absolute Gasteiger partial charge is 0.103 e. The summed E-state index contributed by atoms with van der Waals surface area (Å²) in [4.78, 5) is 0. The third-order valence-corrected chi connectivity index (χ3v) is 0.526. The molecule has 0 atom stereocenters. The Bertz CT molecular complexity index is 45.5. The third kappa shape index (κ3) is 3.74. The standard InChI is InChI=1S/C6H10/c1-5-6(2,3)4/h2,5H,1H2,3-4H3. The molecule has 0 bridgehead atoms. The molecule has 0 N–H and O–H groups in total. The van der Waals surface area contributed by atoms with Crippen LogP contribution in [0.25, 0.3) is 0 Å². The summed E-state index contributed by atoms with van der Waals surface area (Å²) in [7, 11) is 0. The molecule has 0 aliphatic heterocycles. The van der Waals surface area contributed by atoms with Crippen LogP contribution < -0.4 is 0 Å². The second-order valence-electron chi connectivity index (χ2n) is 2.03. The molecule has 0 aliphatic carbocycles. The third-order valence-electron chi connectivity index (χ3n) is 0.526. The van der Waals surface area contributed by atoms with Gasteiger partial charge in [0.05, 0.1) is 0 Å². The highest BCUT2D eigenvalue weighted by Gasteiger charge is 2.00. The zero-order chi connectivity index (χ0) is 5.21. The van der Waals surface area contributed by atoms with E-state index in [0.717, 1.165) is 0 Å². The first-order chi connectivity index (χ1) is 2.56. The topological polar surface area (TPSA) is 0 Å². The van der Waals surface area contributed by atoms with Crippen LogP contribution in [0.2, 0.25) is 0 Å². The Kier molecular flexibility index (Phi) is 1.40. The van der Waals surface area contributed by atoms with Crippen molar-refractivity contribution in [1.82, 2.24) is 0 Å². The second-order valence-corrected chi connectivity index (χ2v) is 2.03. The lowest BCUT2D eigenvalue weighted by atomic mass is 9.98. The number of hydrogen-bond acceptors (Lipinski definition) is 0. The van der Waals surface area contributed by atoms with Gasteiger partial charge in [-0.3, -0.25) is 0 Å². The van der Waals surface area contributed by atoms with Gasteiger partial charge in [-0.15, -0.1) is 6.58 Å². The van der Waals surface area contributed by atoms with Gasteiger partial charge in [0.1, 0.15) is 0 Å². The molecular weight excluding hydrogens is 72.1 g/mol. The summed E-state index contributed by atoms with van der Waals surface area (Å²) >= 11 is 0. The summed E-state index contributed by atoms with van der Waals surface area (Å²) in [5, 5.41) is 0. The fraction of sp³-hybridized carbons (Fsp3) is 0.500. The first kappa shape index (κ1) is 5.74. The maximum Gasteiger partial charge on any atom is -0.0143 e. The van der Waals surface area contributed by atoms with E-state index in [4.69, 9.17) is 6.92 Å². The molecule has 0 rings (SSSR count). The molecule has 0 heterocycles. The highest BCUT2D eigenvalue weighted by Crippen LogP contribution is 2.11. The van der Waals surface area contributed by atoms with Crippen molar-refractivity contribution in [2.24, 2.45) is 5.41 Å². The Morgan fingerprint density at radius 3 is 1.83 bits per heavy atom. The highest BCUT2D eigenvalue weighted by molar-refractivity contribution is 4.88. The highest BCUT2D eigenvalue weighted by atomic mass is 14.0. The maximum atomic E-state index is 5.42. The van der Waals surface area contributed by atoms with Gasteiger partial charge in [-0.25, -0.2) is 0 Å². The molecule has 0 amide bonds. The summed E-state index contributed by atoms with van der Waals surface area (Å²) in [5.74, 6) is 0. The molecule has 0 aromatic rings. The van der Waals surface area contributed by atoms with Crippen LogP contribution in [0.3, 0.4) is 0 Å².